The zero-order chi connectivity index (χ0) is 12.7. The van der Waals surface area contributed by atoms with E-state index in [9.17, 15) is 4.39 Å². The third-order valence-electron chi connectivity index (χ3n) is 3.54. The minimum Gasteiger partial charge on any atom is -0.302 e. The lowest BCUT2D eigenvalue weighted by Gasteiger charge is -2.26. The maximum atomic E-state index is 13.4. The van der Waals surface area contributed by atoms with Crippen molar-refractivity contribution in [2.75, 3.05) is 13.6 Å². The molecule has 3 rings (SSSR count). The van der Waals surface area contributed by atoms with E-state index >= 15 is 0 Å². The summed E-state index contributed by atoms with van der Waals surface area (Å²) >= 11 is 3.53. The highest BCUT2D eigenvalue weighted by Crippen LogP contribution is 2.29. The van der Waals surface area contributed by atoms with Crippen LogP contribution in [0.2, 0.25) is 0 Å². The van der Waals surface area contributed by atoms with Crippen LogP contribution in [0, 0.1) is 5.82 Å². The SMILES string of the molecule is CN1CCc2nc3ccc(F)cc3c(CBr)c2C1. The number of hydrogen-bond acceptors (Lipinski definition) is 2. The van der Waals surface area contributed by atoms with Crippen molar-refractivity contribution >= 4 is 26.8 Å². The lowest BCUT2D eigenvalue weighted by Crippen LogP contribution is -2.28. The molecule has 1 aliphatic rings. The summed E-state index contributed by atoms with van der Waals surface area (Å²) in [4.78, 5) is 6.96. The smallest absolute Gasteiger partial charge is 0.123 e. The average molecular weight is 309 g/mol. The van der Waals surface area contributed by atoms with E-state index in [1.807, 2.05) is 0 Å². The van der Waals surface area contributed by atoms with Crippen LogP contribution in [-0.4, -0.2) is 23.5 Å². The van der Waals surface area contributed by atoms with Crippen LogP contribution in [0.15, 0.2) is 18.2 Å². The third-order valence-corrected chi connectivity index (χ3v) is 4.10. The molecule has 2 nitrogen and oxygen atoms in total. The van der Waals surface area contributed by atoms with E-state index in [1.165, 1.54) is 22.9 Å². The Morgan fingerprint density at radius 2 is 2.28 bits per heavy atom. The molecular weight excluding hydrogens is 295 g/mol. The molecule has 0 radical (unpaired) electrons. The van der Waals surface area contributed by atoms with Crippen molar-refractivity contribution < 1.29 is 4.39 Å². The van der Waals surface area contributed by atoms with Crippen molar-refractivity contribution in [3.8, 4) is 0 Å². The van der Waals surface area contributed by atoms with Gasteiger partial charge in [-0.25, -0.2) is 4.39 Å². The molecule has 18 heavy (non-hydrogen) atoms. The standard InChI is InChI=1S/C14H14BrFN2/c1-18-5-4-14-12(8-18)11(7-15)10-6-9(16)2-3-13(10)17-14/h2-3,6H,4-5,7-8H2,1H3. The van der Waals surface area contributed by atoms with E-state index < -0.39 is 0 Å². The predicted octanol–water partition coefficient (Wildman–Crippen LogP) is 3.26. The number of fused-ring (bicyclic) bond motifs is 2. The fourth-order valence-electron chi connectivity index (χ4n) is 2.59. The predicted molar refractivity (Wildman–Crippen MR) is 74.4 cm³/mol. The maximum absolute atomic E-state index is 13.4. The molecule has 0 fully saturated rings. The first-order valence-electron chi connectivity index (χ1n) is 6.03. The Labute approximate surface area is 114 Å². The van der Waals surface area contributed by atoms with Gasteiger partial charge >= 0.3 is 0 Å². The van der Waals surface area contributed by atoms with Gasteiger partial charge in [-0.3, -0.25) is 4.98 Å². The highest BCUT2D eigenvalue weighted by molar-refractivity contribution is 9.08. The Hall–Kier alpha value is -1.000. The summed E-state index contributed by atoms with van der Waals surface area (Å²) in [5, 5.41) is 1.67. The van der Waals surface area contributed by atoms with Gasteiger partial charge in [0.05, 0.1) is 5.52 Å². The van der Waals surface area contributed by atoms with Gasteiger partial charge in [-0.05, 0) is 36.4 Å². The molecule has 0 saturated carbocycles. The number of nitrogens with zero attached hydrogens (tertiary/aromatic N) is 2. The minimum atomic E-state index is -0.199. The average Bonchev–Trinajstić information content (AvgIpc) is 2.36. The minimum absolute atomic E-state index is 0.199. The number of alkyl halides is 1. The molecule has 4 heteroatoms. The molecule has 0 bridgehead atoms. The number of rotatable bonds is 1. The fraction of sp³-hybridized carbons (Fsp3) is 0.357. The molecule has 0 aliphatic carbocycles. The second-order valence-electron chi connectivity index (χ2n) is 4.80. The number of aromatic nitrogens is 1. The summed E-state index contributed by atoms with van der Waals surface area (Å²) < 4.78 is 13.4. The summed E-state index contributed by atoms with van der Waals surface area (Å²) in [6.07, 6.45) is 0.971. The summed E-state index contributed by atoms with van der Waals surface area (Å²) in [6.45, 7) is 1.93. The van der Waals surface area contributed by atoms with Gasteiger partial charge in [0.2, 0.25) is 0 Å². The van der Waals surface area contributed by atoms with Crippen molar-refractivity contribution in [2.45, 2.75) is 18.3 Å². The van der Waals surface area contributed by atoms with Crippen molar-refractivity contribution in [1.29, 1.82) is 0 Å². The first-order valence-corrected chi connectivity index (χ1v) is 7.15. The van der Waals surface area contributed by atoms with Crippen molar-refractivity contribution in [2.24, 2.45) is 0 Å². The van der Waals surface area contributed by atoms with Gasteiger partial charge in [0.25, 0.3) is 0 Å². The first kappa shape index (κ1) is 12.1. The van der Waals surface area contributed by atoms with Crippen LogP contribution in [-0.2, 0) is 18.3 Å². The van der Waals surface area contributed by atoms with Gasteiger partial charge < -0.3 is 4.90 Å². The van der Waals surface area contributed by atoms with Crippen LogP contribution in [0.3, 0.4) is 0 Å². The quantitative estimate of drug-likeness (QED) is 0.752. The Morgan fingerprint density at radius 1 is 1.44 bits per heavy atom. The van der Waals surface area contributed by atoms with E-state index in [0.717, 1.165) is 35.7 Å². The molecule has 94 valence electrons. The first-order chi connectivity index (χ1) is 8.69. The zero-order valence-electron chi connectivity index (χ0n) is 10.2. The number of hydrogen-bond donors (Lipinski definition) is 0. The van der Waals surface area contributed by atoms with E-state index in [1.54, 1.807) is 12.1 Å². The van der Waals surface area contributed by atoms with Gasteiger partial charge in [-0.1, -0.05) is 15.9 Å². The highest BCUT2D eigenvalue weighted by Gasteiger charge is 2.20. The van der Waals surface area contributed by atoms with Crippen LogP contribution in [0.4, 0.5) is 4.39 Å². The van der Waals surface area contributed by atoms with Crippen LogP contribution in [0.25, 0.3) is 10.9 Å². The van der Waals surface area contributed by atoms with Gasteiger partial charge in [-0.15, -0.1) is 0 Å². The molecule has 0 saturated heterocycles. The van der Waals surface area contributed by atoms with Crippen LogP contribution in [0.1, 0.15) is 16.8 Å². The van der Waals surface area contributed by atoms with E-state index in [-0.39, 0.29) is 5.82 Å². The Bertz CT molecular complexity index is 612. The van der Waals surface area contributed by atoms with Crippen molar-refractivity contribution in [3.05, 3.63) is 40.8 Å². The zero-order valence-corrected chi connectivity index (χ0v) is 11.8. The van der Waals surface area contributed by atoms with Crippen LogP contribution >= 0.6 is 15.9 Å². The lowest BCUT2D eigenvalue weighted by molar-refractivity contribution is 0.309. The monoisotopic (exact) mass is 308 g/mol. The molecule has 1 aromatic heterocycles. The molecule has 1 aromatic carbocycles. The second kappa shape index (κ2) is 4.59. The number of pyridine rings is 1. The third kappa shape index (κ3) is 1.93. The molecule has 0 N–H and O–H groups in total. The summed E-state index contributed by atoms with van der Waals surface area (Å²) in [6, 6.07) is 4.85. The number of likely N-dealkylation sites (N-methyl/N-ethyl adjacent to an activating group) is 1. The summed E-state index contributed by atoms with van der Waals surface area (Å²) in [5.74, 6) is -0.199. The van der Waals surface area contributed by atoms with Crippen molar-refractivity contribution in [1.82, 2.24) is 9.88 Å². The largest absolute Gasteiger partial charge is 0.302 e. The molecule has 1 aliphatic heterocycles. The lowest BCUT2D eigenvalue weighted by atomic mass is 9.97. The van der Waals surface area contributed by atoms with Gasteiger partial charge in [0, 0.05) is 35.9 Å². The molecule has 2 heterocycles. The molecule has 0 amide bonds. The summed E-state index contributed by atoms with van der Waals surface area (Å²) in [7, 11) is 2.11. The number of benzene rings is 1. The van der Waals surface area contributed by atoms with Gasteiger partial charge in [-0.2, -0.15) is 0 Å². The van der Waals surface area contributed by atoms with Crippen molar-refractivity contribution in [3.63, 3.8) is 0 Å². The molecule has 0 spiro atoms. The Morgan fingerprint density at radius 3 is 3.06 bits per heavy atom. The Balaban J connectivity index is 2.31. The van der Waals surface area contributed by atoms with Crippen LogP contribution in [0.5, 0.6) is 0 Å². The fourth-order valence-corrected chi connectivity index (χ4v) is 3.23. The molecule has 0 unspecified atom stereocenters. The van der Waals surface area contributed by atoms with Gasteiger partial charge in [0.15, 0.2) is 0 Å². The van der Waals surface area contributed by atoms with E-state index in [0.29, 0.717) is 0 Å². The molecule has 2 aromatic rings. The summed E-state index contributed by atoms with van der Waals surface area (Å²) in [5.41, 5.74) is 4.51. The van der Waals surface area contributed by atoms with Gasteiger partial charge in [0.1, 0.15) is 5.82 Å². The Kier molecular flexibility index (Phi) is 3.08. The normalized spacial score (nSPS) is 15.9. The molecular formula is C14H14BrFN2. The highest BCUT2D eigenvalue weighted by atomic mass is 79.9. The topological polar surface area (TPSA) is 16.1 Å². The molecule has 0 atom stereocenters. The number of halogens is 2. The van der Waals surface area contributed by atoms with E-state index in [2.05, 4.69) is 32.9 Å². The maximum Gasteiger partial charge on any atom is 0.123 e. The second-order valence-corrected chi connectivity index (χ2v) is 5.36. The van der Waals surface area contributed by atoms with E-state index in [4.69, 9.17) is 0 Å². The van der Waals surface area contributed by atoms with Crippen LogP contribution < -0.4 is 0 Å².